The minimum absolute atomic E-state index is 0.536. The second-order valence-electron chi connectivity index (χ2n) is 5.05. The van der Waals surface area contributed by atoms with Crippen LogP contribution in [0.4, 0.5) is 0 Å². The van der Waals surface area contributed by atoms with Gasteiger partial charge in [0, 0.05) is 15.9 Å². The topological polar surface area (TPSA) is 12.0 Å². The summed E-state index contributed by atoms with van der Waals surface area (Å²) in [5.74, 6) is 0.811. The molecule has 0 aliphatic heterocycles. The van der Waals surface area contributed by atoms with Crippen LogP contribution in [0.1, 0.15) is 56.6 Å². The molecule has 96 valence electrons. The fraction of sp³-hybridized carbons (Fsp3) is 0.714. The lowest BCUT2D eigenvalue weighted by Gasteiger charge is -2.28. The summed E-state index contributed by atoms with van der Waals surface area (Å²) in [5, 5.41) is 8.03. The van der Waals surface area contributed by atoms with Crippen LogP contribution in [0.25, 0.3) is 0 Å². The molecule has 3 heteroatoms. The smallest absolute Gasteiger partial charge is 0.0365 e. The van der Waals surface area contributed by atoms with Crippen LogP contribution in [-0.4, -0.2) is 7.05 Å². The van der Waals surface area contributed by atoms with Crippen molar-refractivity contribution in [1.82, 2.24) is 5.32 Å². The molecule has 1 heterocycles. The van der Waals surface area contributed by atoms with Gasteiger partial charge in [0.15, 0.2) is 0 Å². The third-order valence-corrected chi connectivity index (χ3v) is 5.66. The van der Waals surface area contributed by atoms with E-state index in [0.717, 1.165) is 5.92 Å². The minimum Gasteiger partial charge on any atom is -0.313 e. The predicted molar refractivity (Wildman–Crippen MR) is 79.6 cm³/mol. The fourth-order valence-corrected chi connectivity index (χ4v) is 4.56. The van der Waals surface area contributed by atoms with Gasteiger partial charge >= 0.3 is 0 Å². The number of nitrogens with one attached hydrogen (secondary N) is 1. The van der Waals surface area contributed by atoms with Crippen LogP contribution in [0.3, 0.4) is 0 Å². The van der Waals surface area contributed by atoms with E-state index in [4.69, 9.17) is 0 Å². The molecule has 0 spiro atoms. The number of hydrogen-bond donors (Lipinski definition) is 1. The Bertz CT molecular complexity index is 329. The first-order chi connectivity index (χ1) is 8.33. The molecule has 0 amide bonds. The average molecular weight is 316 g/mol. The standard InChI is InChI=1S/C14H22BrNS/c1-16-14(12-9-17-10-13(12)15)11-7-5-3-2-4-6-8-11/h9-11,14,16H,2-8H2,1H3. The summed E-state index contributed by atoms with van der Waals surface area (Å²) < 4.78 is 1.28. The first kappa shape index (κ1) is 13.6. The normalized spacial score (nSPS) is 20.8. The zero-order valence-electron chi connectivity index (χ0n) is 10.5. The maximum Gasteiger partial charge on any atom is 0.0365 e. The molecular weight excluding hydrogens is 294 g/mol. The first-order valence-corrected chi connectivity index (χ1v) is 8.45. The van der Waals surface area contributed by atoms with Crippen molar-refractivity contribution in [2.75, 3.05) is 7.05 Å². The maximum atomic E-state index is 3.68. The summed E-state index contributed by atoms with van der Waals surface area (Å²) in [5.41, 5.74) is 1.46. The zero-order chi connectivity index (χ0) is 12.1. The highest BCUT2D eigenvalue weighted by molar-refractivity contribution is 9.10. The van der Waals surface area contributed by atoms with Gasteiger partial charge in [-0.05, 0) is 52.7 Å². The molecule has 1 aliphatic carbocycles. The molecule has 1 aromatic heterocycles. The van der Waals surface area contributed by atoms with Gasteiger partial charge in [-0.3, -0.25) is 0 Å². The summed E-state index contributed by atoms with van der Waals surface area (Å²) in [6.45, 7) is 0. The number of rotatable bonds is 3. The third-order valence-electron chi connectivity index (χ3n) is 3.91. The van der Waals surface area contributed by atoms with Crippen LogP contribution in [0.5, 0.6) is 0 Å². The van der Waals surface area contributed by atoms with Gasteiger partial charge in [0.1, 0.15) is 0 Å². The minimum atomic E-state index is 0.536. The Morgan fingerprint density at radius 3 is 2.35 bits per heavy atom. The summed E-state index contributed by atoms with van der Waals surface area (Å²) in [6, 6.07) is 0.536. The van der Waals surface area contributed by atoms with E-state index in [-0.39, 0.29) is 0 Å². The van der Waals surface area contributed by atoms with Gasteiger partial charge in [0.25, 0.3) is 0 Å². The van der Waals surface area contributed by atoms with Crippen molar-refractivity contribution in [3.8, 4) is 0 Å². The molecule has 1 aliphatic rings. The molecule has 1 atom stereocenters. The van der Waals surface area contributed by atoms with Crippen LogP contribution < -0.4 is 5.32 Å². The van der Waals surface area contributed by atoms with Crippen LogP contribution in [0.15, 0.2) is 15.2 Å². The Balaban J connectivity index is 2.08. The lowest BCUT2D eigenvalue weighted by atomic mass is 9.83. The van der Waals surface area contributed by atoms with E-state index in [0.29, 0.717) is 6.04 Å². The highest BCUT2D eigenvalue weighted by Gasteiger charge is 2.24. The molecule has 1 unspecified atom stereocenters. The monoisotopic (exact) mass is 315 g/mol. The summed E-state index contributed by atoms with van der Waals surface area (Å²) in [4.78, 5) is 0. The Kier molecular flexibility index (Phi) is 5.51. The van der Waals surface area contributed by atoms with Crippen molar-refractivity contribution in [3.05, 3.63) is 20.8 Å². The number of halogens is 1. The molecule has 1 nitrogen and oxygen atoms in total. The van der Waals surface area contributed by atoms with Gasteiger partial charge in [0.2, 0.25) is 0 Å². The SMILES string of the molecule is CNC(c1cscc1Br)C1CCCCCCC1. The zero-order valence-corrected chi connectivity index (χ0v) is 12.9. The second kappa shape index (κ2) is 6.91. The largest absolute Gasteiger partial charge is 0.313 e. The highest BCUT2D eigenvalue weighted by Crippen LogP contribution is 2.37. The molecule has 2 rings (SSSR count). The van der Waals surface area contributed by atoms with Gasteiger partial charge in [-0.1, -0.05) is 32.1 Å². The molecule has 0 aromatic carbocycles. The first-order valence-electron chi connectivity index (χ1n) is 6.71. The van der Waals surface area contributed by atoms with E-state index in [1.54, 1.807) is 11.3 Å². The Morgan fingerprint density at radius 2 is 1.82 bits per heavy atom. The lowest BCUT2D eigenvalue weighted by molar-refractivity contribution is 0.299. The third kappa shape index (κ3) is 3.55. The van der Waals surface area contributed by atoms with Gasteiger partial charge in [-0.25, -0.2) is 0 Å². The van der Waals surface area contributed by atoms with Crippen LogP contribution in [0.2, 0.25) is 0 Å². The molecule has 1 N–H and O–H groups in total. The quantitative estimate of drug-likeness (QED) is 0.815. The van der Waals surface area contributed by atoms with Gasteiger partial charge in [-0.15, -0.1) is 0 Å². The van der Waals surface area contributed by atoms with E-state index in [2.05, 4.69) is 39.1 Å². The second-order valence-corrected chi connectivity index (χ2v) is 6.64. The van der Waals surface area contributed by atoms with E-state index in [1.807, 2.05) is 0 Å². The van der Waals surface area contributed by atoms with Crippen LogP contribution in [-0.2, 0) is 0 Å². The van der Waals surface area contributed by atoms with E-state index in [1.165, 1.54) is 55.0 Å². The van der Waals surface area contributed by atoms with E-state index >= 15 is 0 Å². The molecule has 0 bridgehead atoms. The van der Waals surface area contributed by atoms with Gasteiger partial charge in [-0.2, -0.15) is 11.3 Å². The molecule has 1 aromatic rings. The van der Waals surface area contributed by atoms with Crippen LogP contribution >= 0.6 is 27.3 Å². The number of thiophene rings is 1. The van der Waals surface area contributed by atoms with Crippen molar-refractivity contribution >= 4 is 27.3 Å². The fourth-order valence-electron chi connectivity index (χ4n) is 2.98. The van der Waals surface area contributed by atoms with Crippen molar-refractivity contribution in [2.24, 2.45) is 5.92 Å². The van der Waals surface area contributed by atoms with E-state index in [9.17, 15) is 0 Å². The van der Waals surface area contributed by atoms with Crippen molar-refractivity contribution in [3.63, 3.8) is 0 Å². The lowest BCUT2D eigenvalue weighted by Crippen LogP contribution is -2.25. The highest BCUT2D eigenvalue weighted by atomic mass is 79.9. The van der Waals surface area contributed by atoms with Gasteiger partial charge in [0.05, 0.1) is 0 Å². The summed E-state index contributed by atoms with van der Waals surface area (Å²) >= 11 is 5.48. The molecule has 0 saturated heterocycles. The maximum absolute atomic E-state index is 3.68. The Labute approximate surface area is 117 Å². The Hall–Kier alpha value is 0.140. The predicted octanol–water partition coefficient (Wildman–Crippen LogP) is 5.13. The van der Waals surface area contributed by atoms with Gasteiger partial charge < -0.3 is 5.32 Å². The van der Waals surface area contributed by atoms with Crippen molar-refractivity contribution < 1.29 is 0 Å². The molecular formula is C14H22BrNS. The average Bonchev–Trinajstić information content (AvgIpc) is 2.69. The molecule has 0 radical (unpaired) electrons. The molecule has 17 heavy (non-hydrogen) atoms. The molecule has 1 fully saturated rings. The van der Waals surface area contributed by atoms with Crippen molar-refractivity contribution in [2.45, 2.75) is 51.0 Å². The summed E-state index contributed by atoms with van der Waals surface area (Å²) in [7, 11) is 2.10. The number of hydrogen-bond acceptors (Lipinski definition) is 2. The van der Waals surface area contributed by atoms with Crippen LogP contribution in [0, 0.1) is 5.92 Å². The van der Waals surface area contributed by atoms with E-state index < -0.39 is 0 Å². The van der Waals surface area contributed by atoms with Crippen molar-refractivity contribution in [1.29, 1.82) is 0 Å². The summed E-state index contributed by atoms with van der Waals surface area (Å²) in [6.07, 6.45) is 9.88. The molecule has 1 saturated carbocycles. The Morgan fingerprint density at radius 1 is 1.18 bits per heavy atom.